The van der Waals surface area contributed by atoms with E-state index < -0.39 is 0 Å². The van der Waals surface area contributed by atoms with E-state index in [1.165, 1.54) is 116 Å². The van der Waals surface area contributed by atoms with Crippen LogP contribution in [0.4, 0.5) is 0 Å². The number of rotatable bonds is 22. The van der Waals surface area contributed by atoms with E-state index in [0.717, 1.165) is 6.42 Å². The van der Waals surface area contributed by atoms with Crippen LogP contribution in [0.1, 0.15) is 142 Å². The van der Waals surface area contributed by atoms with Crippen LogP contribution in [0, 0.1) is 0 Å². The van der Waals surface area contributed by atoms with Gasteiger partial charge in [0.05, 0.1) is 6.61 Å². The molecule has 0 heterocycles. The molecule has 0 aliphatic carbocycles. The molecule has 0 rings (SSSR count). The Labute approximate surface area is 176 Å². The van der Waals surface area contributed by atoms with Crippen molar-refractivity contribution in [3.05, 3.63) is 12.2 Å². The second kappa shape index (κ2) is 24.2. The highest BCUT2D eigenvalue weighted by Crippen LogP contribution is 2.13. The molecule has 0 saturated carbocycles. The first kappa shape index (κ1) is 27.2. The number of hydrogen-bond acceptors (Lipinski definition) is 2. The van der Waals surface area contributed by atoms with Gasteiger partial charge in [-0.05, 0) is 39.0 Å². The van der Waals surface area contributed by atoms with Crippen LogP contribution in [0.3, 0.4) is 0 Å². The summed E-state index contributed by atoms with van der Waals surface area (Å²) in [6, 6.07) is 0. The Bertz CT molecular complexity index is 335. The molecule has 0 spiro atoms. The molecule has 166 valence electrons. The number of allylic oxidation sites excluding steroid dienone is 2. The van der Waals surface area contributed by atoms with Gasteiger partial charge in [0.15, 0.2) is 0 Å². The monoisotopic (exact) mass is 394 g/mol. The quantitative estimate of drug-likeness (QED) is 0.104. The predicted octanol–water partition coefficient (Wildman–Crippen LogP) is 8.93. The van der Waals surface area contributed by atoms with E-state index >= 15 is 0 Å². The average molecular weight is 395 g/mol. The largest absolute Gasteiger partial charge is 0.466 e. The minimum atomic E-state index is -0.0317. The number of carbonyl (C=O) groups is 1. The summed E-state index contributed by atoms with van der Waals surface area (Å²) in [5.74, 6) is -0.0317. The van der Waals surface area contributed by atoms with Gasteiger partial charge in [-0.25, -0.2) is 0 Å². The molecule has 0 aliphatic heterocycles. The lowest BCUT2D eigenvalue weighted by Crippen LogP contribution is -2.03. The summed E-state index contributed by atoms with van der Waals surface area (Å²) >= 11 is 0. The minimum Gasteiger partial charge on any atom is -0.466 e. The summed E-state index contributed by atoms with van der Waals surface area (Å²) in [5.41, 5.74) is 0. The van der Waals surface area contributed by atoms with Gasteiger partial charge in [-0.2, -0.15) is 0 Å². The normalized spacial score (nSPS) is 11.4. The Hall–Kier alpha value is -0.790. The van der Waals surface area contributed by atoms with E-state index in [2.05, 4.69) is 19.1 Å². The van der Waals surface area contributed by atoms with Crippen molar-refractivity contribution in [3.63, 3.8) is 0 Å². The van der Waals surface area contributed by atoms with Crippen molar-refractivity contribution in [2.75, 3.05) is 6.61 Å². The lowest BCUT2D eigenvalue weighted by atomic mass is 10.0. The molecule has 0 unspecified atom stereocenters. The highest BCUT2D eigenvalue weighted by atomic mass is 16.5. The van der Waals surface area contributed by atoms with Crippen molar-refractivity contribution < 1.29 is 9.53 Å². The zero-order valence-electron chi connectivity index (χ0n) is 19.3. The molecule has 0 N–H and O–H groups in total. The Balaban J connectivity index is 3.10. The highest BCUT2D eigenvalue weighted by molar-refractivity contribution is 5.69. The molecule has 28 heavy (non-hydrogen) atoms. The van der Waals surface area contributed by atoms with Gasteiger partial charge < -0.3 is 4.74 Å². The molecule has 0 saturated heterocycles. The van der Waals surface area contributed by atoms with Gasteiger partial charge in [0.25, 0.3) is 0 Å². The highest BCUT2D eigenvalue weighted by Gasteiger charge is 2.00. The first-order valence-corrected chi connectivity index (χ1v) is 12.6. The lowest BCUT2D eigenvalue weighted by molar-refractivity contribution is -0.143. The molecule has 0 atom stereocenters. The summed E-state index contributed by atoms with van der Waals surface area (Å²) in [7, 11) is 0. The molecule has 0 radical (unpaired) electrons. The summed E-state index contributed by atoms with van der Waals surface area (Å²) in [5, 5.41) is 0. The van der Waals surface area contributed by atoms with E-state index in [1.807, 2.05) is 6.92 Å². The Morgan fingerprint density at radius 2 is 0.964 bits per heavy atom. The number of unbranched alkanes of at least 4 members (excludes halogenated alkanes) is 17. The van der Waals surface area contributed by atoms with Crippen molar-refractivity contribution in [2.45, 2.75) is 142 Å². The molecule has 0 amide bonds. The van der Waals surface area contributed by atoms with Crippen molar-refractivity contribution in [1.82, 2.24) is 0 Å². The fourth-order valence-corrected chi connectivity index (χ4v) is 3.63. The molecule has 0 aromatic carbocycles. The molecule has 0 aromatic heterocycles. The van der Waals surface area contributed by atoms with Crippen LogP contribution in [0.2, 0.25) is 0 Å². The van der Waals surface area contributed by atoms with Crippen molar-refractivity contribution in [1.29, 1.82) is 0 Å². The van der Waals surface area contributed by atoms with E-state index in [4.69, 9.17) is 4.74 Å². The molecule has 2 heteroatoms. The van der Waals surface area contributed by atoms with Gasteiger partial charge in [0, 0.05) is 6.42 Å². The van der Waals surface area contributed by atoms with Crippen LogP contribution < -0.4 is 0 Å². The summed E-state index contributed by atoms with van der Waals surface area (Å²) in [6.07, 6.45) is 30.9. The fourth-order valence-electron chi connectivity index (χ4n) is 3.63. The molecule has 0 aromatic rings. The third-order valence-corrected chi connectivity index (χ3v) is 5.45. The number of ether oxygens (including phenoxy) is 1. The summed E-state index contributed by atoms with van der Waals surface area (Å²) in [4.78, 5) is 11.2. The van der Waals surface area contributed by atoms with Gasteiger partial charge in [-0.15, -0.1) is 0 Å². The lowest BCUT2D eigenvalue weighted by Gasteiger charge is -2.03. The second-order valence-corrected chi connectivity index (χ2v) is 8.26. The average Bonchev–Trinajstić information content (AvgIpc) is 2.69. The third kappa shape index (κ3) is 23.2. The van der Waals surface area contributed by atoms with E-state index in [0.29, 0.717) is 13.0 Å². The van der Waals surface area contributed by atoms with Crippen LogP contribution in [-0.4, -0.2) is 12.6 Å². The number of esters is 1. The van der Waals surface area contributed by atoms with Crippen LogP contribution in [0.25, 0.3) is 0 Å². The first-order chi connectivity index (χ1) is 13.8. The number of hydrogen-bond donors (Lipinski definition) is 0. The summed E-state index contributed by atoms with van der Waals surface area (Å²) in [6.45, 7) is 4.66. The first-order valence-electron chi connectivity index (χ1n) is 12.6. The van der Waals surface area contributed by atoms with E-state index in [1.54, 1.807) is 0 Å². The molecule has 0 fully saturated rings. The maximum Gasteiger partial charge on any atom is 0.305 e. The third-order valence-electron chi connectivity index (χ3n) is 5.45. The van der Waals surface area contributed by atoms with Gasteiger partial charge in [-0.1, -0.05) is 109 Å². The maximum absolute atomic E-state index is 11.2. The zero-order chi connectivity index (χ0) is 20.5. The van der Waals surface area contributed by atoms with E-state index in [9.17, 15) is 4.79 Å². The van der Waals surface area contributed by atoms with Crippen LogP contribution >= 0.6 is 0 Å². The van der Waals surface area contributed by atoms with Crippen LogP contribution in [0.15, 0.2) is 12.2 Å². The smallest absolute Gasteiger partial charge is 0.305 e. The second-order valence-electron chi connectivity index (χ2n) is 8.26. The summed E-state index contributed by atoms with van der Waals surface area (Å²) < 4.78 is 4.94. The van der Waals surface area contributed by atoms with Gasteiger partial charge in [-0.3, -0.25) is 4.79 Å². The SMILES string of the molecule is CCCCCCCC/C=C/CCCCCCCCCCCCCC(=O)OCC. The standard InChI is InChI=1S/C26H50O2/c1-3-5-6-7-8-9-10-11-12-13-14-15-16-17-18-19-20-21-22-23-24-25-26(27)28-4-2/h11-12H,3-10,13-25H2,1-2H3/b12-11+. The zero-order valence-corrected chi connectivity index (χ0v) is 19.3. The van der Waals surface area contributed by atoms with Crippen LogP contribution in [-0.2, 0) is 9.53 Å². The van der Waals surface area contributed by atoms with Gasteiger partial charge >= 0.3 is 5.97 Å². The fraction of sp³-hybridized carbons (Fsp3) is 0.885. The van der Waals surface area contributed by atoms with Crippen molar-refractivity contribution >= 4 is 5.97 Å². The molecule has 0 bridgehead atoms. The number of carbonyl (C=O) groups excluding carboxylic acids is 1. The molecule has 0 aliphatic rings. The minimum absolute atomic E-state index is 0.0317. The molecular formula is C26H50O2. The Morgan fingerprint density at radius 1 is 0.571 bits per heavy atom. The maximum atomic E-state index is 11.2. The Morgan fingerprint density at radius 3 is 1.39 bits per heavy atom. The van der Waals surface area contributed by atoms with Crippen molar-refractivity contribution in [2.24, 2.45) is 0 Å². The predicted molar refractivity (Wildman–Crippen MR) is 124 cm³/mol. The van der Waals surface area contributed by atoms with Crippen molar-refractivity contribution in [3.8, 4) is 0 Å². The van der Waals surface area contributed by atoms with Crippen LogP contribution in [0.5, 0.6) is 0 Å². The van der Waals surface area contributed by atoms with Gasteiger partial charge in [0.2, 0.25) is 0 Å². The van der Waals surface area contributed by atoms with Gasteiger partial charge in [0.1, 0.15) is 0 Å². The van der Waals surface area contributed by atoms with E-state index in [-0.39, 0.29) is 5.97 Å². The molecular weight excluding hydrogens is 344 g/mol. The topological polar surface area (TPSA) is 26.3 Å². The Kier molecular flexibility index (Phi) is 23.6. The molecule has 2 nitrogen and oxygen atoms in total.